The zero-order valence-corrected chi connectivity index (χ0v) is 19.1. The zero-order valence-electron chi connectivity index (χ0n) is 16.0. The zero-order chi connectivity index (χ0) is 18.0. The summed E-state index contributed by atoms with van der Waals surface area (Å²) in [6.45, 7) is 6.37. The summed E-state index contributed by atoms with van der Waals surface area (Å²) in [5.41, 5.74) is -0.0343. The van der Waals surface area contributed by atoms with Crippen LogP contribution in [0.15, 0.2) is 21.8 Å². The number of aliphatic imine (C=N–C) groups is 1. The van der Waals surface area contributed by atoms with E-state index in [0.29, 0.717) is 19.3 Å². The third kappa shape index (κ3) is 8.54. The van der Waals surface area contributed by atoms with Crippen molar-refractivity contribution in [3.8, 4) is 0 Å². The number of ether oxygens (including phenoxy) is 1. The van der Waals surface area contributed by atoms with Crippen LogP contribution in [0.25, 0.3) is 0 Å². The summed E-state index contributed by atoms with van der Waals surface area (Å²) in [7, 11) is 0. The molecule has 0 aliphatic heterocycles. The molecular formula is C19H34IN3O2S. The minimum atomic E-state index is -0.945. The average Bonchev–Trinajstić information content (AvgIpc) is 3.03. The molecule has 0 bridgehead atoms. The molecule has 0 radical (unpaired) electrons. The van der Waals surface area contributed by atoms with E-state index in [4.69, 9.17) is 4.74 Å². The van der Waals surface area contributed by atoms with Gasteiger partial charge in [-0.1, -0.05) is 25.7 Å². The molecule has 150 valence electrons. The lowest BCUT2D eigenvalue weighted by Crippen LogP contribution is -2.40. The highest BCUT2D eigenvalue weighted by molar-refractivity contribution is 14.0. The fraction of sp³-hybridized carbons (Fsp3) is 0.737. The van der Waals surface area contributed by atoms with Gasteiger partial charge in [0.1, 0.15) is 5.60 Å². The third-order valence-electron chi connectivity index (χ3n) is 4.58. The minimum Gasteiger partial charge on any atom is -0.383 e. The highest BCUT2D eigenvalue weighted by Crippen LogP contribution is 2.23. The monoisotopic (exact) mass is 495 g/mol. The van der Waals surface area contributed by atoms with Crippen LogP contribution in [-0.4, -0.2) is 43.4 Å². The van der Waals surface area contributed by atoms with Crippen molar-refractivity contribution in [3.63, 3.8) is 0 Å². The van der Waals surface area contributed by atoms with Crippen molar-refractivity contribution in [2.75, 3.05) is 26.2 Å². The van der Waals surface area contributed by atoms with Gasteiger partial charge in [0.2, 0.25) is 0 Å². The standard InChI is InChI=1S/C19H33N3O2S.HI/c1-3-20-18(22-15-19(2,23)16-10-13-25-14-16)21-11-12-24-17-8-6-4-5-7-9-17;/h10,13-14,17,23H,3-9,11-12,15H2,1-2H3,(H2,20,21,22);1H. The molecule has 1 heterocycles. The largest absolute Gasteiger partial charge is 0.383 e. The molecule has 1 aromatic heterocycles. The number of rotatable bonds is 8. The van der Waals surface area contributed by atoms with Crippen molar-refractivity contribution >= 4 is 41.3 Å². The Morgan fingerprint density at radius 2 is 2.04 bits per heavy atom. The lowest BCUT2D eigenvalue weighted by Gasteiger charge is -2.21. The Balaban J connectivity index is 0.00000338. The molecule has 1 aromatic rings. The van der Waals surface area contributed by atoms with E-state index >= 15 is 0 Å². The van der Waals surface area contributed by atoms with E-state index in [9.17, 15) is 5.11 Å². The molecule has 1 atom stereocenters. The van der Waals surface area contributed by atoms with Crippen LogP contribution in [-0.2, 0) is 10.3 Å². The fourth-order valence-electron chi connectivity index (χ4n) is 3.04. The smallest absolute Gasteiger partial charge is 0.191 e. The number of guanidine groups is 1. The Kier molecular flexibility index (Phi) is 11.7. The summed E-state index contributed by atoms with van der Waals surface area (Å²) in [5.74, 6) is 0.725. The van der Waals surface area contributed by atoms with Crippen molar-refractivity contribution < 1.29 is 9.84 Å². The van der Waals surface area contributed by atoms with Crippen LogP contribution in [0.4, 0.5) is 0 Å². The van der Waals surface area contributed by atoms with Crippen molar-refractivity contribution in [2.45, 2.75) is 64.1 Å². The lowest BCUT2D eigenvalue weighted by molar-refractivity contribution is 0.0467. The Morgan fingerprint density at radius 3 is 2.65 bits per heavy atom. The van der Waals surface area contributed by atoms with Gasteiger partial charge in [0, 0.05) is 13.1 Å². The molecule has 3 N–H and O–H groups in total. The van der Waals surface area contributed by atoms with E-state index < -0.39 is 5.60 Å². The maximum atomic E-state index is 10.6. The van der Waals surface area contributed by atoms with E-state index in [-0.39, 0.29) is 24.0 Å². The highest BCUT2D eigenvalue weighted by Gasteiger charge is 2.23. The molecule has 0 saturated heterocycles. The Morgan fingerprint density at radius 1 is 1.31 bits per heavy atom. The SMILES string of the molecule is CCNC(=NCC(C)(O)c1ccsc1)NCCOC1CCCCCC1.I. The molecule has 0 spiro atoms. The van der Waals surface area contributed by atoms with Crippen molar-refractivity contribution in [1.29, 1.82) is 0 Å². The summed E-state index contributed by atoms with van der Waals surface area (Å²) < 4.78 is 6.00. The maximum Gasteiger partial charge on any atom is 0.191 e. The second-order valence-electron chi connectivity index (χ2n) is 6.89. The normalized spacial score (nSPS) is 18.5. The van der Waals surface area contributed by atoms with Gasteiger partial charge >= 0.3 is 0 Å². The van der Waals surface area contributed by atoms with Crippen LogP contribution in [0.3, 0.4) is 0 Å². The molecule has 7 heteroatoms. The summed E-state index contributed by atoms with van der Waals surface area (Å²) in [6, 6.07) is 1.95. The molecule has 1 aliphatic rings. The minimum absolute atomic E-state index is 0. The van der Waals surface area contributed by atoms with E-state index in [1.807, 2.05) is 23.8 Å². The summed E-state index contributed by atoms with van der Waals surface area (Å²) in [6.07, 6.45) is 8.08. The predicted octanol–water partition coefficient (Wildman–Crippen LogP) is 3.87. The van der Waals surface area contributed by atoms with Crippen LogP contribution >= 0.6 is 35.3 Å². The van der Waals surface area contributed by atoms with Crippen LogP contribution < -0.4 is 10.6 Å². The van der Waals surface area contributed by atoms with Crippen molar-refractivity contribution in [3.05, 3.63) is 22.4 Å². The molecule has 1 aliphatic carbocycles. The Hall–Kier alpha value is -0.380. The summed E-state index contributed by atoms with van der Waals surface area (Å²) >= 11 is 1.59. The van der Waals surface area contributed by atoms with Crippen LogP contribution in [0.5, 0.6) is 0 Å². The van der Waals surface area contributed by atoms with Gasteiger partial charge in [-0.05, 0) is 49.1 Å². The number of aliphatic hydroxyl groups is 1. The van der Waals surface area contributed by atoms with Gasteiger partial charge < -0.3 is 20.5 Å². The molecule has 2 rings (SSSR count). The molecule has 0 amide bonds. The number of thiophene rings is 1. The molecule has 0 aromatic carbocycles. The van der Waals surface area contributed by atoms with Gasteiger partial charge in [-0.15, -0.1) is 24.0 Å². The number of halogens is 1. The predicted molar refractivity (Wildman–Crippen MR) is 121 cm³/mol. The third-order valence-corrected chi connectivity index (χ3v) is 5.27. The van der Waals surface area contributed by atoms with Gasteiger partial charge in [0.15, 0.2) is 5.96 Å². The first kappa shape index (κ1) is 23.7. The second kappa shape index (κ2) is 12.9. The number of nitrogens with zero attached hydrogens (tertiary/aromatic N) is 1. The van der Waals surface area contributed by atoms with Crippen LogP contribution in [0.1, 0.15) is 57.9 Å². The number of hydrogen-bond acceptors (Lipinski definition) is 4. The molecule has 5 nitrogen and oxygen atoms in total. The number of hydrogen-bond donors (Lipinski definition) is 3. The van der Waals surface area contributed by atoms with E-state index in [1.165, 1.54) is 38.5 Å². The molecular weight excluding hydrogens is 461 g/mol. The van der Waals surface area contributed by atoms with Gasteiger partial charge in [0.25, 0.3) is 0 Å². The quantitative estimate of drug-likeness (QED) is 0.169. The molecule has 1 fully saturated rings. The van der Waals surface area contributed by atoms with Crippen molar-refractivity contribution in [2.24, 2.45) is 4.99 Å². The summed E-state index contributed by atoms with van der Waals surface area (Å²) in [4.78, 5) is 4.53. The molecule has 1 saturated carbocycles. The molecule has 26 heavy (non-hydrogen) atoms. The average molecular weight is 495 g/mol. The maximum absolute atomic E-state index is 10.6. The number of nitrogens with one attached hydrogen (secondary N) is 2. The summed E-state index contributed by atoms with van der Waals surface area (Å²) in [5, 5.41) is 21.0. The van der Waals surface area contributed by atoms with Gasteiger partial charge in [-0.3, -0.25) is 0 Å². The van der Waals surface area contributed by atoms with E-state index in [1.54, 1.807) is 18.3 Å². The fourth-order valence-corrected chi connectivity index (χ4v) is 3.82. The van der Waals surface area contributed by atoms with Crippen molar-refractivity contribution in [1.82, 2.24) is 10.6 Å². The topological polar surface area (TPSA) is 65.9 Å². The van der Waals surface area contributed by atoms with Crippen LogP contribution in [0, 0.1) is 0 Å². The first-order chi connectivity index (χ1) is 12.1. The van der Waals surface area contributed by atoms with Crippen LogP contribution in [0.2, 0.25) is 0 Å². The van der Waals surface area contributed by atoms with Gasteiger partial charge in [0.05, 0.1) is 19.3 Å². The first-order valence-electron chi connectivity index (χ1n) is 9.50. The Bertz CT molecular complexity index is 501. The van der Waals surface area contributed by atoms with Gasteiger partial charge in [-0.2, -0.15) is 11.3 Å². The van der Waals surface area contributed by atoms with Gasteiger partial charge in [-0.25, -0.2) is 4.99 Å². The highest BCUT2D eigenvalue weighted by atomic mass is 127. The second-order valence-corrected chi connectivity index (χ2v) is 7.67. The first-order valence-corrected chi connectivity index (χ1v) is 10.4. The van der Waals surface area contributed by atoms with E-state index in [2.05, 4.69) is 15.6 Å². The van der Waals surface area contributed by atoms with E-state index in [0.717, 1.165) is 24.6 Å². The lowest BCUT2D eigenvalue weighted by atomic mass is 10.00. The Labute approximate surface area is 179 Å². The molecule has 1 unspecified atom stereocenters.